The molecule has 1 heterocycles. The Morgan fingerprint density at radius 1 is 1.07 bits per heavy atom. The van der Waals surface area contributed by atoms with Gasteiger partial charge in [-0.05, 0) is 37.0 Å². The van der Waals surface area contributed by atoms with Crippen LogP contribution in [0.3, 0.4) is 0 Å². The summed E-state index contributed by atoms with van der Waals surface area (Å²) in [5.41, 5.74) is 3.45. The third-order valence-corrected chi connectivity index (χ3v) is 3.49. The quantitative estimate of drug-likeness (QED) is 0.695. The standard InChI is InChI=1S/C13H15NO/c15-13-6-4-10-3-5-11(9-12(10)13)14-7-1-2-8-14/h3,5,9H,1-2,4,6-8H2. The number of carbonyl (C=O) groups is 1. The maximum atomic E-state index is 11.6. The summed E-state index contributed by atoms with van der Waals surface area (Å²) in [6.45, 7) is 2.29. The van der Waals surface area contributed by atoms with Gasteiger partial charge < -0.3 is 4.90 Å². The Morgan fingerprint density at radius 2 is 1.87 bits per heavy atom. The maximum absolute atomic E-state index is 11.6. The van der Waals surface area contributed by atoms with E-state index in [1.54, 1.807) is 0 Å². The number of anilines is 1. The highest BCUT2D eigenvalue weighted by Crippen LogP contribution is 2.28. The van der Waals surface area contributed by atoms with Crippen LogP contribution < -0.4 is 4.90 Å². The fraction of sp³-hybridized carbons (Fsp3) is 0.462. The summed E-state index contributed by atoms with van der Waals surface area (Å²) in [5.74, 6) is 0.325. The monoisotopic (exact) mass is 201 g/mol. The first kappa shape index (κ1) is 8.96. The van der Waals surface area contributed by atoms with Crippen molar-refractivity contribution < 1.29 is 4.79 Å². The molecule has 0 spiro atoms. The number of carbonyl (C=O) groups excluding carboxylic acids is 1. The molecule has 0 aromatic heterocycles. The Bertz CT molecular complexity index is 405. The molecule has 1 aliphatic heterocycles. The lowest BCUT2D eigenvalue weighted by atomic mass is 10.1. The van der Waals surface area contributed by atoms with Gasteiger partial charge in [0.05, 0.1) is 0 Å². The Hall–Kier alpha value is -1.31. The van der Waals surface area contributed by atoms with Crippen LogP contribution in [0.15, 0.2) is 18.2 Å². The number of hydrogen-bond acceptors (Lipinski definition) is 2. The molecule has 1 aromatic carbocycles. The van der Waals surface area contributed by atoms with Crippen molar-refractivity contribution in [1.29, 1.82) is 0 Å². The van der Waals surface area contributed by atoms with Crippen LogP contribution in [0.5, 0.6) is 0 Å². The number of Topliss-reactive ketones (excluding diaryl/α,β-unsaturated/α-hetero) is 1. The van der Waals surface area contributed by atoms with E-state index in [-0.39, 0.29) is 0 Å². The van der Waals surface area contributed by atoms with E-state index in [4.69, 9.17) is 0 Å². The van der Waals surface area contributed by atoms with Crippen LogP contribution in [0, 0.1) is 0 Å². The lowest BCUT2D eigenvalue weighted by molar-refractivity contribution is 0.0994. The topological polar surface area (TPSA) is 20.3 Å². The second kappa shape index (κ2) is 3.37. The first-order chi connectivity index (χ1) is 7.34. The second-order valence-corrected chi connectivity index (χ2v) is 4.46. The SMILES string of the molecule is O=C1CCc2ccc(N3CCCC3)cc21. The second-order valence-electron chi connectivity index (χ2n) is 4.46. The summed E-state index contributed by atoms with van der Waals surface area (Å²) < 4.78 is 0. The molecule has 2 nitrogen and oxygen atoms in total. The lowest BCUT2D eigenvalue weighted by Gasteiger charge is -2.18. The van der Waals surface area contributed by atoms with Crippen LogP contribution >= 0.6 is 0 Å². The largest absolute Gasteiger partial charge is 0.372 e. The van der Waals surface area contributed by atoms with E-state index in [9.17, 15) is 4.79 Å². The van der Waals surface area contributed by atoms with Gasteiger partial charge in [0.25, 0.3) is 0 Å². The smallest absolute Gasteiger partial charge is 0.163 e. The van der Waals surface area contributed by atoms with Gasteiger partial charge in [0.15, 0.2) is 5.78 Å². The van der Waals surface area contributed by atoms with Crippen LogP contribution in [-0.2, 0) is 6.42 Å². The van der Waals surface area contributed by atoms with E-state index in [0.717, 1.165) is 25.1 Å². The van der Waals surface area contributed by atoms with Gasteiger partial charge in [-0.25, -0.2) is 0 Å². The van der Waals surface area contributed by atoms with Crippen LogP contribution in [0.4, 0.5) is 5.69 Å². The van der Waals surface area contributed by atoms with Crippen molar-refractivity contribution in [2.24, 2.45) is 0 Å². The van der Waals surface area contributed by atoms with Crippen LogP contribution in [-0.4, -0.2) is 18.9 Å². The van der Waals surface area contributed by atoms with Gasteiger partial charge in [-0.15, -0.1) is 0 Å². The summed E-state index contributed by atoms with van der Waals surface area (Å²) in [6, 6.07) is 6.40. The van der Waals surface area contributed by atoms with E-state index in [1.807, 2.05) is 0 Å². The molecule has 0 radical (unpaired) electrons. The van der Waals surface area contributed by atoms with E-state index < -0.39 is 0 Å². The molecular weight excluding hydrogens is 186 g/mol. The summed E-state index contributed by atoms with van der Waals surface area (Å²) in [7, 11) is 0. The first-order valence-electron chi connectivity index (χ1n) is 5.76. The molecule has 1 aliphatic carbocycles. The molecule has 0 saturated carbocycles. The van der Waals surface area contributed by atoms with Crippen molar-refractivity contribution in [2.45, 2.75) is 25.7 Å². The van der Waals surface area contributed by atoms with E-state index in [1.165, 1.54) is 24.1 Å². The molecule has 1 saturated heterocycles. The highest BCUT2D eigenvalue weighted by atomic mass is 16.1. The van der Waals surface area contributed by atoms with E-state index >= 15 is 0 Å². The predicted molar refractivity (Wildman–Crippen MR) is 60.5 cm³/mol. The molecule has 2 aliphatic rings. The molecular formula is C13H15NO. The van der Waals surface area contributed by atoms with Crippen molar-refractivity contribution in [3.05, 3.63) is 29.3 Å². The van der Waals surface area contributed by atoms with Crippen molar-refractivity contribution in [3.63, 3.8) is 0 Å². The fourth-order valence-electron chi connectivity index (χ4n) is 2.60. The zero-order valence-electron chi connectivity index (χ0n) is 8.83. The zero-order chi connectivity index (χ0) is 10.3. The maximum Gasteiger partial charge on any atom is 0.163 e. The van der Waals surface area contributed by atoms with Gasteiger partial charge >= 0.3 is 0 Å². The molecule has 0 unspecified atom stereocenters. The third-order valence-electron chi connectivity index (χ3n) is 3.49. The first-order valence-corrected chi connectivity index (χ1v) is 5.76. The number of hydrogen-bond donors (Lipinski definition) is 0. The molecule has 0 bridgehead atoms. The molecule has 78 valence electrons. The van der Waals surface area contributed by atoms with Gasteiger partial charge in [-0.2, -0.15) is 0 Å². The molecule has 0 N–H and O–H groups in total. The Labute approximate surface area is 89.9 Å². The minimum Gasteiger partial charge on any atom is -0.372 e. The normalized spacial score (nSPS) is 19.7. The van der Waals surface area contributed by atoms with Crippen molar-refractivity contribution in [1.82, 2.24) is 0 Å². The van der Waals surface area contributed by atoms with Gasteiger partial charge in [-0.3, -0.25) is 4.79 Å². The number of benzene rings is 1. The number of fused-ring (bicyclic) bond motifs is 1. The summed E-state index contributed by atoms with van der Waals surface area (Å²) in [6.07, 6.45) is 4.21. The zero-order valence-corrected chi connectivity index (χ0v) is 8.83. The van der Waals surface area contributed by atoms with Crippen LogP contribution in [0.2, 0.25) is 0 Å². The van der Waals surface area contributed by atoms with Crippen molar-refractivity contribution >= 4 is 11.5 Å². The van der Waals surface area contributed by atoms with Gasteiger partial charge in [0.2, 0.25) is 0 Å². The summed E-state index contributed by atoms with van der Waals surface area (Å²) in [4.78, 5) is 14.0. The van der Waals surface area contributed by atoms with E-state index in [0.29, 0.717) is 12.2 Å². The average Bonchev–Trinajstić information content (AvgIpc) is 2.88. The van der Waals surface area contributed by atoms with Gasteiger partial charge in [-0.1, -0.05) is 6.07 Å². The molecule has 0 amide bonds. The predicted octanol–water partition coefficient (Wildman–Crippen LogP) is 2.42. The van der Waals surface area contributed by atoms with Crippen LogP contribution in [0.1, 0.15) is 35.2 Å². The van der Waals surface area contributed by atoms with Crippen LogP contribution in [0.25, 0.3) is 0 Å². The molecule has 2 heteroatoms. The Balaban J connectivity index is 1.97. The molecule has 1 aromatic rings. The Morgan fingerprint density at radius 3 is 2.67 bits per heavy atom. The molecule has 0 atom stereocenters. The van der Waals surface area contributed by atoms with E-state index in [2.05, 4.69) is 23.1 Å². The van der Waals surface area contributed by atoms with Gasteiger partial charge in [0, 0.05) is 30.8 Å². The highest BCUT2D eigenvalue weighted by molar-refractivity contribution is 6.01. The molecule has 1 fully saturated rings. The van der Waals surface area contributed by atoms with Crippen molar-refractivity contribution in [2.75, 3.05) is 18.0 Å². The number of aryl methyl sites for hydroxylation is 1. The minimum atomic E-state index is 0.325. The minimum absolute atomic E-state index is 0.325. The average molecular weight is 201 g/mol. The third kappa shape index (κ3) is 1.44. The van der Waals surface area contributed by atoms with Gasteiger partial charge in [0.1, 0.15) is 0 Å². The van der Waals surface area contributed by atoms with Crippen molar-refractivity contribution in [3.8, 4) is 0 Å². The number of ketones is 1. The molecule has 15 heavy (non-hydrogen) atoms. The summed E-state index contributed by atoms with van der Waals surface area (Å²) >= 11 is 0. The molecule has 3 rings (SSSR count). The number of nitrogens with zero attached hydrogens (tertiary/aromatic N) is 1. The summed E-state index contributed by atoms with van der Waals surface area (Å²) in [5, 5.41) is 0. The fourth-order valence-corrected chi connectivity index (χ4v) is 2.60. The highest BCUT2D eigenvalue weighted by Gasteiger charge is 2.21. The lowest BCUT2D eigenvalue weighted by Crippen LogP contribution is -2.17. The Kier molecular flexibility index (Phi) is 2.01. The number of rotatable bonds is 1.